The van der Waals surface area contributed by atoms with Gasteiger partial charge in [0.15, 0.2) is 0 Å². The second-order valence-electron chi connectivity index (χ2n) is 8.64. The van der Waals surface area contributed by atoms with Crippen LogP contribution in [0.3, 0.4) is 0 Å². The molecule has 7 heteroatoms. The summed E-state index contributed by atoms with van der Waals surface area (Å²) in [4.78, 5) is 27.4. The number of amides is 2. The van der Waals surface area contributed by atoms with Gasteiger partial charge in [0, 0.05) is 35.3 Å². The van der Waals surface area contributed by atoms with Crippen LogP contribution in [0, 0.1) is 11.3 Å². The molecule has 166 valence electrons. The van der Waals surface area contributed by atoms with Crippen LogP contribution in [-0.4, -0.2) is 41.4 Å². The monoisotopic (exact) mass is 450 g/mol. The van der Waals surface area contributed by atoms with Crippen molar-refractivity contribution in [2.75, 3.05) is 6.54 Å². The third-order valence-corrected chi connectivity index (χ3v) is 6.66. The molecule has 2 aromatic carbocycles. The summed E-state index contributed by atoms with van der Waals surface area (Å²) in [5.41, 5.74) is 2.50. The molecule has 2 fully saturated rings. The molecule has 4 rings (SSSR count). The zero-order valence-corrected chi connectivity index (χ0v) is 18.6. The van der Waals surface area contributed by atoms with Gasteiger partial charge in [0.05, 0.1) is 19.0 Å². The maximum absolute atomic E-state index is 12.5. The van der Waals surface area contributed by atoms with Crippen LogP contribution in [0.1, 0.15) is 47.2 Å². The lowest BCUT2D eigenvalue weighted by atomic mass is 9.96. The molecule has 2 amide bonds. The van der Waals surface area contributed by atoms with Crippen LogP contribution >= 0.6 is 11.6 Å². The third-order valence-electron chi connectivity index (χ3n) is 6.41. The summed E-state index contributed by atoms with van der Waals surface area (Å²) in [6, 6.07) is 18.1. The van der Waals surface area contributed by atoms with E-state index < -0.39 is 0 Å². The molecule has 2 aliphatic rings. The number of hydrogen-bond donors (Lipinski definition) is 2. The van der Waals surface area contributed by atoms with Gasteiger partial charge < -0.3 is 10.6 Å². The standard InChI is InChI=1S/C25H27ClN4O2/c26-20-6-4-18(5-7-20)16-30-22-8-9-23(30)14-21(13-22)29-24(31)15-28-25(32)19-3-1-2-17(12-19)10-11-27/h1-7,12,21-23H,8-10,13-16H2,(H,28,32)(H,29,31). The molecule has 0 spiro atoms. The number of piperidine rings is 1. The van der Waals surface area contributed by atoms with Gasteiger partial charge in [0.2, 0.25) is 5.91 Å². The van der Waals surface area contributed by atoms with Crippen LogP contribution in [0.15, 0.2) is 48.5 Å². The summed E-state index contributed by atoms with van der Waals surface area (Å²) in [5, 5.41) is 15.4. The Morgan fingerprint density at radius 2 is 1.78 bits per heavy atom. The lowest BCUT2D eigenvalue weighted by Gasteiger charge is -2.39. The van der Waals surface area contributed by atoms with Gasteiger partial charge in [-0.05, 0) is 61.1 Å². The molecule has 0 radical (unpaired) electrons. The third kappa shape index (κ3) is 5.48. The van der Waals surface area contributed by atoms with E-state index >= 15 is 0 Å². The largest absolute Gasteiger partial charge is 0.352 e. The molecule has 2 aliphatic heterocycles. The van der Waals surface area contributed by atoms with Crippen molar-refractivity contribution >= 4 is 23.4 Å². The number of carbonyl (C=O) groups is 2. The maximum Gasteiger partial charge on any atom is 0.251 e. The van der Waals surface area contributed by atoms with Crippen molar-refractivity contribution in [1.29, 1.82) is 5.26 Å². The van der Waals surface area contributed by atoms with Gasteiger partial charge in [-0.1, -0.05) is 35.9 Å². The van der Waals surface area contributed by atoms with Crippen molar-refractivity contribution in [3.05, 3.63) is 70.2 Å². The van der Waals surface area contributed by atoms with Crippen LogP contribution in [0.25, 0.3) is 0 Å². The van der Waals surface area contributed by atoms with E-state index in [2.05, 4.69) is 33.7 Å². The number of nitrogens with one attached hydrogen (secondary N) is 2. The molecule has 0 saturated carbocycles. The summed E-state index contributed by atoms with van der Waals surface area (Å²) >= 11 is 6.00. The molecule has 2 N–H and O–H groups in total. The van der Waals surface area contributed by atoms with Crippen LogP contribution in [0.5, 0.6) is 0 Å². The average molecular weight is 451 g/mol. The van der Waals surface area contributed by atoms with E-state index in [9.17, 15) is 9.59 Å². The molecular formula is C25H27ClN4O2. The van der Waals surface area contributed by atoms with Gasteiger partial charge in [0.1, 0.15) is 0 Å². The number of benzene rings is 2. The van der Waals surface area contributed by atoms with Gasteiger partial charge in [-0.25, -0.2) is 0 Å². The Balaban J connectivity index is 1.25. The van der Waals surface area contributed by atoms with Crippen LogP contribution in [0.2, 0.25) is 5.02 Å². The van der Waals surface area contributed by atoms with Gasteiger partial charge in [0.25, 0.3) is 5.91 Å². The van der Waals surface area contributed by atoms with Crippen molar-refractivity contribution in [1.82, 2.24) is 15.5 Å². The zero-order valence-electron chi connectivity index (χ0n) is 17.9. The normalized spacial score (nSPS) is 22.2. The van der Waals surface area contributed by atoms with Crippen LogP contribution in [0.4, 0.5) is 0 Å². The second kappa shape index (κ2) is 10.2. The molecule has 2 bridgehead atoms. The predicted octanol–water partition coefficient (Wildman–Crippen LogP) is 3.45. The van der Waals surface area contributed by atoms with Crippen molar-refractivity contribution in [2.45, 2.75) is 56.8 Å². The Hall–Kier alpha value is -2.88. The summed E-state index contributed by atoms with van der Waals surface area (Å²) in [6.45, 7) is 0.857. The SMILES string of the molecule is N#CCc1cccc(C(=O)NCC(=O)NC2CC3CCC(C2)N3Cc2ccc(Cl)cc2)c1. The summed E-state index contributed by atoms with van der Waals surface area (Å²) in [7, 11) is 0. The first-order valence-electron chi connectivity index (χ1n) is 11.1. The Kier molecular flexibility index (Phi) is 7.09. The van der Waals surface area contributed by atoms with Gasteiger partial charge in [-0.2, -0.15) is 5.26 Å². The fourth-order valence-electron chi connectivity index (χ4n) is 4.91. The lowest BCUT2D eigenvalue weighted by molar-refractivity contribution is -0.121. The predicted molar refractivity (Wildman–Crippen MR) is 123 cm³/mol. The van der Waals surface area contributed by atoms with Crippen molar-refractivity contribution in [3.8, 4) is 6.07 Å². The number of rotatable bonds is 7. The minimum Gasteiger partial charge on any atom is -0.352 e. The van der Waals surface area contributed by atoms with E-state index in [-0.39, 0.29) is 30.8 Å². The van der Waals surface area contributed by atoms with Crippen molar-refractivity contribution in [2.24, 2.45) is 0 Å². The van der Waals surface area contributed by atoms with E-state index in [1.807, 2.05) is 12.1 Å². The van der Waals surface area contributed by atoms with Crippen LogP contribution < -0.4 is 10.6 Å². The first-order chi connectivity index (χ1) is 15.5. The van der Waals surface area contributed by atoms with Gasteiger partial charge in [-0.3, -0.25) is 14.5 Å². The maximum atomic E-state index is 12.5. The van der Waals surface area contributed by atoms with Crippen LogP contribution in [-0.2, 0) is 17.8 Å². The second-order valence-corrected chi connectivity index (χ2v) is 9.07. The van der Waals surface area contributed by atoms with Gasteiger partial charge >= 0.3 is 0 Å². The Morgan fingerprint density at radius 1 is 1.06 bits per heavy atom. The van der Waals surface area contributed by atoms with E-state index in [1.165, 1.54) is 5.56 Å². The number of nitrogens with zero attached hydrogens (tertiary/aromatic N) is 2. The fourth-order valence-corrected chi connectivity index (χ4v) is 5.03. The van der Waals surface area contributed by atoms with E-state index in [0.717, 1.165) is 42.8 Å². The molecule has 2 unspecified atom stereocenters. The van der Waals surface area contributed by atoms with Crippen molar-refractivity contribution < 1.29 is 9.59 Å². The molecule has 2 heterocycles. The lowest BCUT2D eigenvalue weighted by Crippen LogP contribution is -2.51. The molecule has 32 heavy (non-hydrogen) atoms. The van der Waals surface area contributed by atoms with Gasteiger partial charge in [-0.15, -0.1) is 0 Å². The topological polar surface area (TPSA) is 85.2 Å². The van der Waals surface area contributed by atoms with E-state index in [0.29, 0.717) is 17.6 Å². The Bertz CT molecular complexity index is 1000. The first kappa shape index (κ1) is 22.3. The van der Waals surface area contributed by atoms with E-state index in [1.54, 1.807) is 24.3 Å². The molecule has 2 saturated heterocycles. The number of hydrogen-bond acceptors (Lipinski definition) is 4. The first-order valence-corrected chi connectivity index (χ1v) is 11.4. The quantitative estimate of drug-likeness (QED) is 0.676. The molecule has 6 nitrogen and oxygen atoms in total. The highest BCUT2D eigenvalue weighted by molar-refractivity contribution is 6.30. The smallest absolute Gasteiger partial charge is 0.251 e. The minimum atomic E-state index is -0.308. The summed E-state index contributed by atoms with van der Waals surface area (Å²) in [6.07, 6.45) is 4.42. The number of nitriles is 1. The molecule has 2 aromatic rings. The average Bonchev–Trinajstić information content (AvgIpc) is 3.01. The van der Waals surface area contributed by atoms with E-state index in [4.69, 9.17) is 16.9 Å². The highest BCUT2D eigenvalue weighted by Crippen LogP contribution is 2.36. The molecule has 2 atom stereocenters. The fraction of sp³-hybridized carbons (Fsp3) is 0.400. The molecule has 0 aliphatic carbocycles. The zero-order chi connectivity index (χ0) is 22.5. The molecule has 0 aromatic heterocycles. The Labute approximate surface area is 193 Å². The summed E-state index contributed by atoms with van der Waals surface area (Å²) in [5.74, 6) is -0.472. The number of carbonyl (C=O) groups excluding carboxylic acids is 2. The minimum absolute atomic E-state index is 0.0539. The Morgan fingerprint density at radius 3 is 2.47 bits per heavy atom. The van der Waals surface area contributed by atoms with Crippen molar-refractivity contribution in [3.63, 3.8) is 0 Å². The number of halogens is 1. The highest BCUT2D eigenvalue weighted by Gasteiger charge is 2.40. The summed E-state index contributed by atoms with van der Waals surface area (Å²) < 4.78 is 0. The number of fused-ring (bicyclic) bond motifs is 2. The highest BCUT2D eigenvalue weighted by atomic mass is 35.5. The molecular weight excluding hydrogens is 424 g/mol.